The van der Waals surface area contributed by atoms with E-state index in [1.165, 1.54) is 71.1 Å². The maximum Gasteiger partial charge on any atom is 0.344 e. The Hall–Kier alpha value is -1.79. The number of esters is 1. The summed E-state index contributed by atoms with van der Waals surface area (Å²) < 4.78 is 60.8. The molecule has 0 unspecified atom stereocenters. The van der Waals surface area contributed by atoms with Crippen LogP contribution >= 0.6 is 0 Å². The number of rotatable bonds is 18. The number of ether oxygens (including phenoxy) is 1. The Morgan fingerprint density at radius 1 is 0.656 bits per heavy atom. The van der Waals surface area contributed by atoms with Gasteiger partial charge in [-0.25, -0.2) is 22.4 Å². The minimum atomic E-state index is -1.74. The Morgan fingerprint density at radius 3 is 1.47 bits per heavy atom. The average Bonchev–Trinajstić information content (AvgIpc) is 2.77. The van der Waals surface area contributed by atoms with Crippen LogP contribution in [0.2, 0.25) is 0 Å². The van der Waals surface area contributed by atoms with E-state index in [1.807, 2.05) is 0 Å². The van der Waals surface area contributed by atoms with Crippen LogP contribution in [-0.2, 0) is 4.74 Å². The molecule has 0 atom stereocenters. The van der Waals surface area contributed by atoms with Gasteiger partial charge in [-0.2, -0.15) is 0 Å². The standard InChI is InChI=1S/C25H39F4NO2/c1-3-5-6-7-8-9-10-11-12-13-14-15-16-17-18-30-24-22(28)20(26)19(21(27)23(24)29)25(31)32-4-2/h30H,3-18H2,1-2H3. The van der Waals surface area contributed by atoms with Gasteiger partial charge in [0.1, 0.15) is 11.3 Å². The molecule has 0 aromatic heterocycles. The monoisotopic (exact) mass is 461 g/mol. The minimum absolute atomic E-state index is 0.167. The molecule has 0 amide bonds. The third kappa shape index (κ3) is 9.78. The molecule has 0 radical (unpaired) electrons. The zero-order valence-corrected chi connectivity index (χ0v) is 19.6. The molecule has 0 saturated carbocycles. The predicted octanol–water partition coefficient (Wildman–Crippen LogP) is 8.31. The van der Waals surface area contributed by atoms with Gasteiger partial charge in [-0.3, -0.25) is 0 Å². The van der Waals surface area contributed by atoms with Crippen LogP contribution in [0.25, 0.3) is 0 Å². The molecule has 1 N–H and O–H groups in total. The lowest BCUT2D eigenvalue weighted by atomic mass is 10.0. The number of unbranched alkanes of at least 4 members (excludes halogenated alkanes) is 13. The Bertz CT molecular complexity index is 653. The number of carbonyl (C=O) groups is 1. The van der Waals surface area contributed by atoms with Gasteiger partial charge in [0.2, 0.25) is 0 Å². The zero-order chi connectivity index (χ0) is 23.8. The molecule has 32 heavy (non-hydrogen) atoms. The van der Waals surface area contributed by atoms with E-state index < -0.39 is 40.5 Å². The molecule has 0 spiro atoms. The van der Waals surface area contributed by atoms with Crippen molar-refractivity contribution < 1.29 is 27.1 Å². The summed E-state index contributed by atoms with van der Waals surface area (Å²) in [6.07, 6.45) is 16.6. The molecule has 0 bridgehead atoms. The quantitative estimate of drug-likeness (QED) is 0.103. The van der Waals surface area contributed by atoms with Crippen LogP contribution in [0, 0.1) is 23.3 Å². The normalized spacial score (nSPS) is 11.1. The molecule has 1 aromatic rings. The molecular formula is C25H39F4NO2. The molecule has 0 aliphatic heterocycles. The van der Waals surface area contributed by atoms with Crippen molar-refractivity contribution in [3.63, 3.8) is 0 Å². The minimum Gasteiger partial charge on any atom is -0.462 e. The number of nitrogens with one attached hydrogen (secondary N) is 1. The number of hydrogen-bond donors (Lipinski definition) is 1. The highest BCUT2D eigenvalue weighted by molar-refractivity contribution is 5.90. The third-order valence-corrected chi connectivity index (χ3v) is 5.58. The molecule has 0 fully saturated rings. The van der Waals surface area contributed by atoms with E-state index in [-0.39, 0.29) is 13.2 Å². The lowest BCUT2D eigenvalue weighted by molar-refractivity contribution is 0.0512. The van der Waals surface area contributed by atoms with Gasteiger partial charge in [-0.1, -0.05) is 90.4 Å². The van der Waals surface area contributed by atoms with Crippen molar-refractivity contribution in [3.8, 4) is 0 Å². The maximum atomic E-state index is 14.1. The first-order chi connectivity index (χ1) is 15.5. The van der Waals surface area contributed by atoms with Crippen LogP contribution in [0.3, 0.4) is 0 Å². The van der Waals surface area contributed by atoms with Gasteiger partial charge in [0, 0.05) is 6.54 Å². The van der Waals surface area contributed by atoms with Crippen LogP contribution in [-0.4, -0.2) is 19.1 Å². The average molecular weight is 462 g/mol. The Kier molecular flexibility index (Phi) is 14.8. The summed E-state index contributed by atoms with van der Waals surface area (Å²) in [6, 6.07) is 0. The second kappa shape index (κ2) is 16.8. The largest absolute Gasteiger partial charge is 0.462 e. The highest BCUT2D eigenvalue weighted by Crippen LogP contribution is 2.28. The molecule has 1 aromatic carbocycles. The molecule has 0 aliphatic carbocycles. The highest BCUT2D eigenvalue weighted by atomic mass is 19.2. The first-order valence-corrected chi connectivity index (χ1v) is 12.2. The third-order valence-electron chi connectivity index (χ3n) is 5.58. The number of anilines is 1. The second-order valence-corrected chi connectivity index (χ2v) is 8.25. The summed E-state index contributed by atoms with van der Waals surface area (Å²) in [7, 11) is 0. The molecular weight excluding hydrogens is 422 g/mol. The number of hydrogen-bond acceptors (Lipinski definition) is 3. The van der Waals surface area contributed by atoms with Crippen molar-refractivity contribution >= 4 is 11.7 Å². The Balaban J connectivity index is 2.21. The summed E-state index contributed by atoms with van der Waals surface area (Å²) in [5, 5.41) is 2.42. The van der Waals surface area contributed by atoms with Crippen molar-refractivity contribution in [1.82, 2.24) is 0 Å². The molecule has 0 saturated heterocycles. The summed E-state index contributed by atoms with van der Waals surface area (Å²) in [6.45, 7) is 3.67. The fourth-order valence-electron chi connectivity index (χ4n) is 3.70. The fraction of sp³-hybridized carbons (Fsp3) is 0.720. The molecule has 0 aliphatic rings. The van der Waals surface area contributed by atoms with Crippen LogP contribution in [0.4, 0.5) is 23.2 Å². The number of benzene rings is 1. The van der Waals surface area contributed by atoms with Crippen molar-refractivity contribution in [2.24, 2.45) is 0 Å². The summed E-state index contributed by atoms with van der Waals surface area (Å²) in [5.41, 5.74) is -2.23. The van der Waals surface area contributed by atoms with Gasteiger partial charge in [0.15, 0.2) is 23.3 Å². The fourth-order valence-corrected chi connectivity index (χ4v) is 3.70. The van der Waals surface area contributed by atoms with Crippen LogP contribution < -0.4 is 5.32 Å². The van der Waals surface area contributed by atoms with E-state index in [4.69, 9.17) is 0 Å². The van der Waals surface area contributed by atoms with Crippen molar-refractivity contribution in [3.05, 3.63) is 28.8 Å². The Morgan fingerprint density at radius 2 is 1.06 bits per heavy atom. The molecule has 3 nitrogen and oxygen atoms in total. The van der Waals surface area contributed by atoms with Crippen molar-refractivity contribution in [2.75, 3.05) is 18.5 Å². The van der Waals surface area contributed by atoms with Gasteiger partial charge in [0.25, 0.3) is 0 Å². The van der Waals surface area contributed by atoms with E-state index in [9.17, 15) is 22.4 Å². The zero-order valence-electron chi connectivity index (χ0n) is 19.6. The predicted molar refractivity (Wildman–Crippen MR) is 121 cm³/mol. The summed E-state index contributed by atoms with van der Waals surface area (Å²) in [5.74, 6) is -8.15. The lowest BCUT2D eigenvalue weighted by Gasteiger charge is -2.13. The van der Waals surface area contributed by atoms with Gasteiger partial charge >= 0.3 is 5.97 Å². The molecule has 7 heteroatoms. The first-order valence-electron chi connectivity index (χ1n) is 12.2. The van der Waals surface area contributed by atoms with Gasteiger partial charge in [-0.15, -0.1) is 0 Å². The van der Waals surface area contributed by atoms with Crippen LogP contribution in [0.15, 0.2) is 0 Å². The lowest BCUT2D eigenvalue weighted by Crippen LogP contribution is -2.16. The van der Waals surface area contributed by atoms with E-state index in [1.54, 1.807) is 0 Å². The molecule has 0 heterocycles. The van der Waals surface area contributed by atoms with E-state index in [0.717, 1.165) is 19.3 Å². The second-order valence-electron chi connectivity index (χ2n) is 8.25. The van der Waals surface area contributed by atoms with Gasteiger partial charge in [-0.05, 0) is 13.3 Å². The molecule has 184 valence electrons. The van der Waals surface area contributed by atoms with Crippen molar-refractivity contribution in [2.45, 2.75) is 104 Å². The smallest absolute Gasteiger partial charge is 0.344 e. The summed E-state index contributed by atoms with van der Waals surface area (Å²) in [4.78, 5) is 11.6. The van der Waals surface area contributed by atoms with E-state index in [0.29, 0.717) is 6.42 Å². The first kappa shape index (κ1) is 28.2. The number of carbonyl (C=O) groups excluding carboxylic acids is 1. The molecule has 1 rings (SSSR count). The van der Waals surface area contributed by atoms with Gasteiger partial charge in [0.05, 0.1) is 6.61 Å². The van der Waals surface area contributed by atoms with Crippen LogP contribution in [0.5, 0.6) is 0 Å². The Labute approximate surface area is 190 Å². The summed E-state index contributed by atoms with van der Waals surface area (Å²) >= 11 is 0. The van der Waals surface area contributed by atoms with E-state index >= 15 is 0 Å². The SMILES string of the molecule is CCCCCCCCCCCCCCCCNc1c(F)c(F)c(C(=O)OCC)c(F)c1F. The van der Waals surface area contributed by atoms with E-state index in [2.05, 4.69) is 17.0 Å². The number of halogens is 4. The van der Waals surface area contributed by atoms with Crippen molar-refractivity contribution in [1.29, 1.82) is 0 Å². The topological polar surface area (TPSA) is 38.3 Å². The maximum absolute atomic E-state index is 14.1. The highest BCUT2D eigenvalue weighted by Gasteiger charge is 2.30. The van der Waals surface area contributed by atoms with Gasteiger partial charge < -0.3 is 10.1 Å². The van der Waals surface area contributed by atoms with Crippen LogP contribution in [0.1, 0.15) is 114 Å².